The first kappa shape index (κ1) is 35.1. The minimum absolute atomic E-state index is 0.118. The minimum atomic E-state index is -0.266. The van der Waals surface area contributed by atoms with Gasteiger partial charge in [-0.3, -0.25) is 9.89 Å². The molecule has 0 saturated carbocycles. The Hall–Kier alpha value is -6.33. The van der Waals surface area contributed by atoms with Crippen LogP contribution < -0.4 is 0 Å². The molecule has 0 fully saturated rings. The first-order valence-electron chi connectivity index (χ1n) is 19.8. The van der Waals surface area contributed by atoms with Gasteiger partial charge in [0, 0.05) is 54.7 Å². The van der Waals surface area contributed by atoms with Gasteiger partial charge in [0.25, 0.3) is 0 Å². The van der Waals surface area contributed by atoms with Crippen LogP contribution >= 0.6 is 11.3 Å². The molecule has 0 radical (unpaired) electrons. The molecule has 0 bridgehead atoms. The number of hydrogen-bond acceptors (Lipinski definition) is 3. The molecule has 1 aliphatic carbocycles. The lowest BCUT2D eigenvalue weighted by Crippen LogP contribution is -2.34. The van der Waals surface area contributed by atoms with Crippen LogP contribution in [0.15, 0.2) is 199 Å². The van der Waals surface area contributed by atoms with Gasteiger partial charge in [0.15, 0.2) is 0 Å². The predicted molar refractivity (Wildman–Crippen MR) is 244 cm³/mol. The summed E-state index contributed by atoms with van der Waals surface area (Å²) >= 11 is 1.91. The van der Waals surface area contributed by atoms with E-state index in [1.165, 1.54) is 75.4 Å². The Labute approximate surface area is 338 Å². The van der Waals surface area contributed by atoms with Gasteiger partial charge in [0.05, 0.1) is 5.54 Å². The summed E-state index contributed by atoms with van der Waals surface area (Å²) in [6.45, 7) is 3.17. The Kier molecular flexibility index (Phi) is 9.01. The second kappa shape index (κ2) is 14.6. The third-order valence-electron chi connectivity index (χ3n) is 11.6. The summed E-state index contributed by atoms with van der Waals surface area (Å²) in [5.41, 5.74) is 10.9. The normalized spacial score (nSPS) is 16.4. The van der Waals surface area contributed by atoms with Crippen LogP contribution in [0.4, 0.5) is 0 Å². The molecule has 2 atom stereocenters. The molecule has 2 aromatic heterocycles. The molecule has 0 aliphatic heterocycles. The molecule has 0 amide bonds. The highest BCUT2D eigenvalue weighted by atomic mass is 32.1. The molecule has 4 heteroatoms. The maximum absolute atomic E-state index is 5.19. The number of para-hydroxylation sites is 1. The SMILES string of the molecule is CN(Cc1ccccc1)C(N=Cc1ccccc1)C1=CCC(C)(n2c3ccccc3c3cc(-c4cccc5c4sc4c(-c6ccccc6)cccc45)ccc32)C=C1. The van der Waals surface area contributed by atoms with Crippen molar-refractivity contribution in [3.05, 3.63) is 205 Å². The second-order valence-corrected chi connectivity index (χ2v) is 16.5. The van der Waals surface area contributed by atoms with Gasteiger partial charge >= 0.3 is 0 Å². The van der Waals surface area contributed by atoms with E-state index in [-0.39, 0.29) is 11.7 Å². The molecule has 57 heavy (non-hydrogen) atoms. The van der Waals surface area contributed by atoms with Gasteiger partial charge in [-0.2, -0.15) is 0 Å². The van der Waals surface area contributed by atoms with Crippen molar-refractivity contribution in [2.75, 3.05) is 7.05 Å². The van der Waals surface area contributed by atoms with E-state index in [9.17, 15) is 0 Å². The highest BCUT2D eigenvalue weighted by Gasteiger charge is 2.31. The zero-order valence-corrected chi connectivity index (χ0v) is 33.0. The number of hydrogen-bond donors (Lipinski definition) is 0. The molecule has 1 aliphatic rings. The maximum Gasteiger partial charge on any atom is 0.127 e. The van der Waals surface area contributed by atoms with Gasteiger partial charge < -0.3 is 4.57 Å². The van der Waals surface area contributed by atoms with E-state index in [2.05, 4.69) is 205 Å². The highest BCUT2D eigenvalue weighted by molar-refractivity contribution is 7.26. The molecule has 9 aromatic rings. The molecule has 0 spiro atoms. The fourth-order valence-corrected chi connectivity index (χ4v) is 10.2. The lowest BCUT2D eigenvalue weighted by atomic mass is 9.88. The van der Waals surface area contributed by atoms with Crippen molar-refractivity contribution in [2.24, 2.45) is 4.99 Å². The Balaban J connectivity index is 1.03. The monoisotopic (exact) mass is 753 g/mol. The maximum atomic E-state index is 5.19. The Morgan fingerprint density at radius 1 is 0.649 bits per heavy atom. The van der Waals surface area contributed by atoms with E-state index in [0.717, 1.165) is 18.5 Å². The number of benzene rings is 7. The first-order chi connectivity index (χ1) is 28.0. The Morgan fingerprint density at radius 3 is 1.96 bits per heavy atom. The summed E-state index contributed by atoms with van der Waals surface area (Å²) in [5.74, 6) is 0. The molecule has 10 rings (SSSR count). The van der Waals surface area contributed by atoms with Crippen molar-refractivity contribution in [1.82, 2.24) is 9.47 Å². The molecule has 2 unspecified atom stereocenters. The van der Waals surface area contributed by atoms with Crippen molar-refractivity contribution < 1.29 is 0 Å². The average molecular weight is 754 g/mol. The van der Waals surface area contributed by atoms with E-state index < -0.39 is 0 Å². The molecule has 7 aromatic carbocycles. The second-order valence-electron chi connectivity index (χ2n) is 15.5. The molecule has 0 N–H and O–H groups in total. The van der Waals surface area contributed by atoms with E-state index >= 15 is 0 Å². The molecule has 3 nitrogen and oxygen atoms in total. The summed E-state index contributed by atoms with van der Waals surface area (Å²) in [5, 5.41) is 5.20. The minimum Gasteiger partial charge on any atom is -0.331 e. The summed E-state index contributed by atoms with van der Waals surface area (Å²) in [6, 6.07) is 61.4. The smallest absolute Gasteiger partial charge is 0.127 e. The third-order valence-corrected chi connectivity index (χ3v) is 12.9. The first-order valence-corrected chi connectivity index (χ1v) is 20.6. The van der Waals surface area contributed by atoms with Crippen LogP contribution in [0.3, 0.4) is 0 Å². The lowest BCUT2D eigenvalue weighted by Gasteiger charge is -2.34. The van der Waals surface area contributed by atoms with Crippen LogP contribution in [0, 0.1) is 0 Å². The van der Waals surface area contributed by atoms with Gasteiger partial charge in [-0.15, -0.1) is 11.3 Å². The molecular formula is C53H43N3S. The number of likely N-dealkylation sites (N-methyl/N-ethyl adjacent to an activating group) is 1. The molecule has 276 valence electrons. The molecular weight excluding hydrogens is 711 g/mol. The molecule has 0 saturated heterocycles. The van der Waals surface area contributed by atoms with Crippen molar-refractivity contribution in [3.8, 4) is 22.3 Å². The van der Waals surface area contributed by atoms with Gasteiger partial charge in [0.1, 0.15) is 6.17 Å². The highest BCUT2D eigenvalue weighted by Crippen LogP contribution is 2.45. The number of thiophene rings is 1. The average Bonchev–Trinajstić information content (AvgIpc) is 3.82. The number of nitrogens with zero attached hydrogens (tertiary/aromatic N) is 3. The quantitative estimate of drug-likeness (QED) is 0.134. The number of fused-ring (bicyclic) bond motifs is 6. The van der Waals surface area contributed by atoms with Gasteiger partial charge in [-0.05, 0) is 77.5 Å². The van der Waals surface area contributed by atoms with Gasteiger partial charge in [0.2, 0.25) is 0 Å². The third kappa shape index (κ3) is 6.41. The van der Waals surface area contributed by atoms with Crippen molar-refractivity contribution >= 4 is 59.5 Å². The predicted octanol–water partition coefficient (Wildman–Crippen LogP) is 13.7. The standard InChI is InChI=1S/C53H43N3S/c1-53(32-30-40(31-33-53)52(54-35-37-16-6-3-7-17-37)55(2)36-38-18-8-4-9-19-38)56-48-27-13-12-22-44(48)47-34-41(28-29-49(47)56)43-24-15-26-46-45-25-14-23-42(50(45)57-51(43)46)39-20-10-5-11-21-39/h3-32,34-35,52H,33,36H2,1-2H3. The zero-order valence-electron chi connectivity index (χ0n) is 32.2. The van der Waals surface area contributed by atoms with Crippen LogP contribution in [-0.2, 0) is 12.1 Å². The number of aromatic nitrogens is 1. The lowest BCUT2D eigenvalue weighted by molar-refractivity contribution is 0.271. The fourth-order valence-electron chi connectivity index (χ4n) is 8.78. The van der Waals surface area contributed by atoms with Crippen LogP contribution in [0.25, 0.3) is 64.2 Å². The van der Waals surface area contributed by atoms with Crippen LogP contribution in [0.5, 0.6) is 0 Å². The van der Waals surface area contributed by atoms with Crippen molar-refractivity contribution in [2.45, 2.75) is 31.6 Å². The Morgan fingerprint density at radius 2 is 1.26 bits per heavy atom. The number of allylic oxidation sites excluding steroid dienone is 2. The Bertz CT molecular complexity index is 2990. The van der Waals surface area contributed by atoms with Crippen molar-refractivity contribution in [3.63, 3.8) is 0 Å². The zero-order chi connectivity index (χ0) is 38.3. The van der Waals surface area contributed by atoms with Gasteiger partial charge in [-0.1, -0.05) is 170 Å². The van der Waals surface area contributed by atoms with E-state index in [4.69, 9.17) is 4.99 Å². The summed E-state index contributed by atoms with van der Waals surface area (Å²) in [7, 11) is 2.18. The van der Waals surface area contributed by atoms with Crippen LogP contribution in [-0.4, -0.2) is 28.9 Å². The summed E-state index contributed by atoms with van der Waals surface area (Å²) < 4.78 is 5.24. The summed E-state index contributed by atoms with van der Waals surface area (Å²) in [4.78, 5) is 7.54. The van der Waals surface area contributed by atoms with E-state index in [0.29, 0.717) is 0 Å². The van der Waals surface area contributed by atoms with E-state index in [1.54, 1.807) is 0 Å². The van der Waals surface area contributed by atoms with Gasteiger partial charge in [-0.25, -0.2) is 0 Å². The molecule has 2 heterocycles. The van der Waals surface area contributed by atoms with Crippen LogP contribution in [0.1, 0.15) is 24.5 Å². The van der Waals surface area contributed by atoms with E-state index in [1.807, 2.05) is 23.6 Å². The van der Waals surface area contributed by atoms with Crippen molar-refractivity contribution in [1.29, 1.82) is 0 Å². The fraction of sp³-hybridized carbons (Fsp3) is 0.113. The largest absolute Gasteiger partial charge is 0.331 e. The van der Waals surface area contributed by atoms with Crippen LogP contribution in [0.2, 0.25) is 0 Å². The number of aliphatic imine (C=N–C) groups is 1. The topological polar surface area (TPSA) is 20.5 Å². The number of rotatable bonds is 9. The summed E-state index contributed by atoms with van der Waals surface area (Å²) in [6.07, 6.45) is 9.89.